The molecule has 3 N–H and O–H groups in total. The molecule has 0 radical (unpaired) electrons. The quantitative estimate of drug-likeness (QED) is 0.752. The van der Waals surface area contributed by atoms with Gasteiger partial charge in [-0.2, -0.15) is 5.10 Å². The molecular formula is C13H22N4O. The van der Waals surface area contributed by atoms with E-state index in [2.05, 4.69) is 34.7 Å². The lowest BCUT2D eigenvalue weighted by molar-refractivity contribution is 0.0922. The molecule has 2 heterocycles. The van der Waals surface area contributed by atoms with Gasteiger partial charge in [-0.05, 0) is 12.8 Å². The number of aromatic amines is 1. The Bertz CT molecular complexity index is 427. The number of nitrogens with zero attached hydrogens (tertiary/aromatic N) is 1. The van der Waals surface area contributed by atoms with Crippen molar-refractivity contribution in [3.8, 4) is 0 Å². The van der Waals surface area contributed by atoms with Gasteiger partial charge >= 0.3 is 0 Å². The predicted octanol–water partition coefficient (Wildman–Crippen LogP) is 1.22. The third-order valence-corrected chi connectivity index (χ3v) is 3.88. The molecule has 2 unspecified atom stereocenters. The highest BCUT2D eigenvalue weighted by atomic mass is 16.2. The molecule has 5 heteroatoms. The molecule has 0 spiro atoms. The second-order valence-corrected chi connectivity index (χ2v) is 5.10. The largest absolute Gasteiger partial charge is 0.348 e. The SMILES string of the molecule is CCC(C)C(C)NC(=O)c1n[nH]c2c1CNCC2. The molecule has 1 aliphatic heterocycles. The van der Waals surface area contributed by atoms with Crippen LogP contribution in [0.25, 0.3) is 0 Å². The van der Waals surface area contributed by atoms with Crippen molar-refractivity contribution in [3.05, 3.63) is 17.0 Å². The van der Waals surface area contributed by atoms with E-state index in [1.807, 2.05) is 6.92 Å². The zero-order chi connectivity index (χ0) is 13.1. The normalized spacial score (nSPS) is 17.9. The van der Waals surface area contributed by atoms with Crippen molar-refractivity contribution < 1.29 is 4.79 Å². The Hall–Kier alpha value is -1.36. The van der Waals surface area contributed by atoms with Crippen molar-refractivity contribution >= 4 is 5.91 Å². The molecule has 5 nitrogen and oxygen atoms in total. The first-order valence-electron chi connectivity index (χ1n) is 6.71. The topological polar surface area (TPSA) is 69.8 Å². The predicted molar refractivity (Wildman–Crippen MR) is 70.4 cm³/mol. The summed E-state index contributed by atoms with van der Waals surface area (Å²) in [6, 6.07) is 0.173. The summed E-state index contributed by atoms with van der Waals surface area (Å²) in [4.78, 5) is 12.2. The Kier molecular flexibility index (Phi) is 4.01. The highest BCUT2D eigenvalue weighted by molar-refractivity contribution is 5.94. The number of hydrogen-bond acceptors (Lipinski definition) is 3. The van der Waals surface area contributed by atoms with Gasteiger partial charge in [-0.1, -0.05) is 20.3 Å². The number of nitrogens with one attached hydrogen (secondary N) is 3. The molecule has 0 saturated heterocycles. The number of aromatic nitrogens is 2. The van der Waals surface area contributed by atoms with Gasteiger partial charge in [0.2, 0.25) is 0 Å². The number of H-pyrrole nitrogens is 1. The van der Waals surface area contributed by atoms with Crippen molar-refractivity contribution in [1.82, 2.24) is 20.8 Å². The lowest BCUT2D eigenvalue weighted by atomic mass is 10.0. The maximum Gasteiger partial charge on any atom is 0.272 e. The molecule has 1 aliphatic rings. The molecule has 2 atom stereocenters. The van der Waals surface area contributed by atoms with Crippen molar-refractivity contribution in [2.75, 3.05) is 6.54 Å². The maximum atomic E-state index is 12.2. The van der Waals surface area contributed by atoms with Crippen LogP contribution in [-0.4, -0.2) is 28.7 Å². The standard InChI is InChI=1S/C13H22N4O/c1-4-8(2)9(3)15-13(18)12-10-7-14-6-5-11(10)16-17-12/h8-9,14H,4-7H2,1-3H3,(H,15,18)(H,16,17). The van der Waals surface area contributed by atoms with E-state index in [1.165, 1.54) is 0 Å². The summed E-state index contributed by atoms with van der Waals surface area (Å²) >= 11 is 0. The van der Waals surface area contributed by atoms with Gasteiger partial charge in [0.15, 0.2) is 5.69 Å². The van der Waals surface area contributed by atoms with Crippen LogP contribution in [0.15, 0.2) is 0 Å². The summed E-state index contributed by atoms with van der Waals surface area (Å²) in [6.45, 7) is 8.00. The second-order valence-electron chi connectivity index (χ2n) is 5.10. The smallest absolute Gasteiger partial charge is 0.272 e. The van der Waals surface area contributed by atoms with E-state index >= 15 is 0 Å². The van der Waals surface area contributed by atoms with Gasteiger partial charge < -0.3 is 10.6 Å². The van der Waals surface area contributed by atoms with E-state index in [0.717, 1.165) is 37.2 Å². The van der Waals surface area contributed by atoms with E-state index in [1.54, 1.807) is 0 Å². The van der Waals surface area contributed by atoms with Gasteiger partial charge in [-0.15, -0.1) is 0 Å². The molecule has 0 aliphatic carbocycles. The van der Waals surface area contributed by atoms with E-state index < -0.39 is 0 Å². The van der Waals surface area contributed by atoms with Gasteiger partial charge in [-0.25, -0.2) is 0 Å². The third-order valence-electron chi connectivity index (χ3n) is 3.88. The van der Waals surface area contributed by atoms with Crippen LogP contribution in [0.4, 0.5) is 0 Å². The average molecular weight is 250 g/mol. The molecule has 1 aromatic rings. The summed E-state index contributed by atoms with van der Waals surface area (Å²) in [5.74, 6) is 0.408. The minimum absolute atomic E-state index is 0.0657. The summed E-state index contributed by atoms with van der Waals surface area (Å²) in [6.07, 6.45) is 1.97. The van der Waals surface area contributed by atoms with Crippen LogP contribution in [-0.2, 0) is 13.0 Å². The van der Waals surface area contributed by atoms with Crippen molar-refractivity contribution in [2.24, 2.45) is 5.92 Å². The third kappa shape index (κ3) is 2.56. The first kappa shape index (κ1) is 13.1. The molecule has 1 amide bonds. The minimum Gasteiger partial charge on any atom is -0.348 e. The highest BCUT2D eigenvalue weighted by Gasteiger charge is 2.23. The average Bonchev–Trinajstić information content (AvgIpc) is 2.81. The van der Waals surface area contributed by atoms with Crippen LogP contribution < -0.4 is 10.6 Å². The molecule has 2 rings (SSSR count). The highest BCUT2D eigenvalue weighted by Crippen LogP contribution is 2.16. The molecule has 0 fully saturated rings. The fourth-order valence-electron chi connectivity index (χ4n) is 2.18. The van der Waals surface area contributed by atoms with Crippen LogP contribution in [0.5, 0.6) is 0 Å². The first-order chi connectivity index (χ1) is 8.63. The van der Waals surface area contributed by atoms with E-state index in [4.69, 9.17) is 0 Å². The van der Waals surface area contributed by atoms with Crippen LogP contribution in [0.3, 0.4) is 0 Å². The molecule has 18 heavy (non-hydrogen) atoms. The monoisotopic (exact) mass is 250 g/mol. The molecule has 0 aromatic carbocycles. The number of hydrogen-bond donors (Lipinski definition) is 3. The van der Waals surface area contributed by atoms with Crippen LogP contribution in [0, 0.1) is 5.92 Å². The maximum absolute atomic E-state index is 12.2. The van der Waals surface area contributed by atoms with E-state index in [0.29, 0.717) is 11.6 Å². The fraction of sp³-hybridized carbons (Fsp3) is 0.692. The molecule has 0 bridgehead atoms. The van der Waals surface area contributed by atoms with Crippen LogP contribution in [0.2, 0.25) is 0 Å². The van der Waals surface area contributed by atoms with Crippen LogP contribution in [0.1, 0.15) is 48.9 Å². The second kappa shape index (κ2) is 5.52. The molecule has 0 saturated carbocycles. The Morgan fingerprint density at radius 1 is 1.50 bits per heavy atom. The Labute approximate surface area is 108 Å². The van der Waals surface area contributed by atoms with Gasteiger partial charge in [0.05, 0.1) is 0 Å². The zero-order valence-corrected chi connectivity index (χ0v) is 11.3. The summed E-state index contributed by atoms with van der Waals surface area (Å²) in [5.41, 5.74) is 2.66. The fourth-order valence-corrected chi connectivity index (χ4v) is 2.18. The Morgan fingerprint density at radius 2 is 2.28 bits per heavy atom. The lowest BCUT2D eigenvalue weighted by Gasteiger charge is -2.20. The number of amides is 1. The summed E-state index contributed by atoms with van der Waals surface area (Å²) < 4.78 is 0. The Balaban J connectivity index is 2.07. The number of carbonyl (C=O) groups excluding carboxylic acids is 1. The first-order valence-corrected chi connectivity index (χ1v) is 6.71. The zero-order valence-electron chi connectivity index (χ0n) is 11.3. The van der Waals surface area contributed by atoms with E-state index in [-0.39, 0.29) is 11.9 Å². The van der Waals surface area contributed by atoms with Gasteiger partial charge in [0, 0.05) is 36.8 Å². The Morgan fingerprint density at radius 3 is 3.00 bits per heavy atom. The van der Waals surface area contributed by atoms with Crippen molar-refractivity contribution in [3.63, 3.8) is 0 Å². The van der Waals surface area contributed by atoms with Gasteiger partial charge in [0.1, 0.15) is 0 Å². The number of rotatable bonds is 4. The molecule has 1 aromatic heterocycles. The minimum atomic E-state index is -0.0657. The number of fused-ring (bicyclic) bond motifs is 1. The van der Waals surface area contributed by atoms with Crippen molar-refractivity contribution in [1.29, 1.82) is 0 Å². The van der Waals surface area contributed by atoms with Gasteiger partial charge in [0.25, 0.3) is 5.91 Å². The summed E-state index contributed by atoms with van der Waals surface area (Å²) in [5, 5.41) is 13.4. The van der Waals surface area contributed by atoms with Gasteiger partial charge in [-0.3, -0.25) is 9.89 Å². The summed E-state index contributed by atoms with van der Waals surface area (Å²) in [7, 11) is 0. The van der Waals surface area contributed by atoms with Crippen LogP contribution >= 0.6 is 0 Å². The molecular weight excluding hydrogens is 228 g/mol. The lowest BCUT2D eigenvalue weighted by Crippen LogP contribution is -2.38. The van der Waals surface area contributed by atoms with E-state index in [9.17, 15) is 4.79 Å². The number of carbonyl (C=O) groups is 1. The molecule has 100 valence electrons. The van der Waals surface area contributed by atoms with Crippen molar-refractivity contribution in [2.45, 2.75) is 46.2 Å².